The van der Waals surface area contributed by atoms with Gasteiger partial charge in [-0.05, 0) is 11.1 Å². The molecule has 0 saturated heterocycles. The van der Waals surface area contributed by atoms with Gasteiger partial charge in [-0.2, -0.15) is 0 Å². The second-order valence-electron chi connectivity index (χ2n) is 5.63. The minimum atomic E-state index is -1.64. The molecular formula is C19H23FN2O2. The summed E-state index contributed by atoms with van der Waals surface area (Å²) in [6, 6.07) is 19.7. The van der Waals surface area contributed by atoms with E-state index in [0.29, 0.717) is 13.1 Å². The third-order valence-electron chi connectivity index (χ3n) is 3.77. The zero-order valence-corrected chi connectivity index (χ0v) is 14.1. The highest BCUT2D eigenvalue weighted by molar-refractivity contribution is 5.79. The number of hydrogen-bond donors (Lipinski definition) is 0. The first-order valence-corrected chi connectivity index (χ1v) is 7.86. The van der Waals surface area contributed by atoms with Crippen molar-refractivity contribution in [3.63, 3.8) is 0 Å². The smallest absolute Gasteiger partial charge is 0.281 e. The molecule has 5 heteroatoms. The summed E-state index contributed by atoms with van der Waals surface area (Å²) in [5.41, 5.74) is 2.15. The number of hydroxylamine groups is 2. The third-order valence-corrected chi connectivity index (χ3v) is 3.77. The van der Waals surface area contributed by atoms with Gasteiger partial charge >= 0.3 is 0 Å². The molecular weight excluding hydrogens is 307 g/mol. The molecule has 0 spiro atoms. The molecule has 0 bridgehead atoms. The van der Waals surface area contributed by atoms with Crippen LogP contribution in [0, 0.1) is 0 Å². The molecule has 0 fully saturated rings. The minimum Gasteiger partial charge on any atom is -0.291 e. The SMILES string of the molecule is CON(C)C(=O)[C@H](F)CN(Cc1ccccc1)Cc1ccccc1. The van der Waals surface area contributed by atoms with E-state index < -0.39 is 12.1 Å². The van der Waals surface area contributed by atoms with Gasteiger partial charge in [-0.3, -0.25) is 14.5 Å². The quantitative estimate of drug-likeness (QED) is 0.698. The van der Waals surface area contributed by atoms with Gasteiger partial charge in [0.25, 0.3) is 5.91 Å². The van der Waals surface area contributed by atoms with Gasteiger partial charge in [0.05, 0.1) is 7.11 Å². The Labute approximate surface area is 142 Å². The van der Waals surface area contributed by atoms with Crippen LogP contribution in [0.2, 0.25) is 0 Å². The van der Waals surface area contributed by atoms with Crippen LogP contribution in [0.3, 0.4) is 0 Å². The normalized spacial score (nSPS) is 12.2. The van der Waals surface area contributed by atoms with Gasteiger partial charge in [0.15, 0.2) is 6.17 Å². The van der Waals surface area contributed by atoms with Crippen molar-refractivity contribution in [3.8, 4) is 0 Å². The molecule has 2 rings (SSSR count). The number of amides is 1. The second kappa shape index (κ2) is 9.15. The lowest BCUT2D eigenvalue weighted by Crippen LogP contribution is -2.40. The number of halogens is 1. The molecule has 0 unspecified atom stereocenters. The van der Waals surface area contributed by atoms with Gasteiger partial charge in [-0.15, -0.1) is 0 Å². The third kappa shape index (κ3) is 5.44. The van der Waals surface area contributed by atoms with Crippen LogP contribution in [-0.4, -0.2) is 42.7 Å². The zero-order valence-electron chi connectivity index (χ0n) is 14.1. The number of alkyl halides is 1. The summed E-state index contributed by atoms with van der Waals surface area (Å²) in [6.45, 7) is 1.15. The molecule has 4 nitrogen and oxygen atoms in total. The lowest BCUT2D eigenvalue weighted by atomic mass is 10.1. The van der Waals surface area contributed by atoms with E-state index in [-0.39, 0.29) is 6.54 Å². The van der Waals surface area contributed by atoms with Gasteiger partial charge < -0.3 is 0 Å². The van der Waals surface area contributed by atoms with Crippen molar-refractivity contribution >= 4 is 5.91 Å². The molecule has 0 saturated carbocycles. The maximum Gasteiger partial charge on any atom is 0.281 e. The highest BCUT2D eigenvalue weighted by atomic mass is 19.1. The van der Waals surface area contributed by atoms with E-state index in [4.69, 9.17) is 4.84 Å². The van der Waals surface area contributed by atoms with Gasteiger partial charge in [-0.25, -0.2) is 9.45 Å². The van der Waals surface area contributed by atoms with Crippen LogP contribution in [0.4, 0.5) is 4.39 Å². The summed E-state index contributed by atoms with van der Waals surface area (Å²) in [5.74, 6) is -0.677. The van der Waals surface area contributed by atoms with Crippen LogP contribution in [0.1, 0.15) is 11.1 Å². The summed E-state index contributed by atoms with van der Waals surface area (Å²) in [4.78, 5) is 18.6. The highest BCUT2D eigenvalue weighted by Crippen LogP contribution is 2.12. The summed E-state index contributed by atoms with van der Waals surface area (Å²) in [5, 5.41) is 0.924. The van der Waals surface area contributed by atoms with Crippen LogP contribution in [-0.2, 0) is 22.7 Å². The Hall–Kier alpha value is -2.24. The number of nitrogens with zero attached hydrogens (tertiary/aromatic N) is 2. The first-order valence-electron chi connectivity index (χ1n) is 7.86. The Balaban J connectivity index is 2.08. The average molecular weight is 330 g/mol. The summed E-state index contributed by atoms with van der Waals surface area (Å²) in [6.07, 6.45) is -1.64. The van der Waals surface area contributed by atoms with Crippen molar-refractivity contribution in [1.82, 2.24) is 9.96 Å². The van der Waals surface area contributed by atoms with Crippen molar-refractivity contribution < 1.29 is 14.0 Å². The lowest BCUT2D eigenvalue weighted by Gasteiger charge is -2.25. The molecule has 1 amide bonds. The Morgan fingerprint density at radius 3 is 1.88 bits per heavy atom. The summed E-state index contributed by atoms with van der Waals surface area (Å²) in [7, 11) is 2.75. The fraction of sp³-hybridized carbons (Fsp3) is 0.316. The maximum absolute atomic E-state index is 14.4. The van der Waals surface area contributed by atoms with E-state index >= 15 is 0 Å². The van der Waals surface area contributed by atoms with E-state index in [2.05, 4.69) is 0 Å². The molecule has 0 aliphatic heterocycles. The second-order valence-corrected chi connectivity index (χ2v) is 5.63. The number of carbonyl (C=O) groups excluding carboxylic acids is 1. The van der Waals surface area contributed by atoms with Crippen molar-refractivity contribution in [2.24, 2.45) is 0 Å². The molecule has 0 radical (unpaired) electrons. The number of rotatable bonds is 8. The number of benzene rings is 2. The Kier molecular flexibility index (Phi) is 6.90. The van der Waals surface area contributed by atoms with Crippen LogP contribution >= 0.6 is 0 Å². The Bertz CT molecular complexity index is 580. The van der Waals surface area contributed by atoms with Gasteiger partial charge in [0, 0.05) is 26.7 Å². The molecule has 1 atom stereocenters. The van der Waals surface area contributed by atoms with Crippen LogP contribution in [0.15, 0.2) is 60.7 Å². The van der Waals surface area contributed by atoms with E-state index in [0.717, 1.165) is 16.2 Å². The maximum atomic E-state index is 14.4. The van der Waals surface area contributed by atoms with Crippen molar-refractivity contribution in [2.75, 3.05) is 20.7 Å². The topological polar surface area (TPSA) is 32.8 Å². The Morgan fingerprint density at radius 2 is 1.46 bits per heavy atom. The first kappa shape index (κ1) is 18.1. The fourth-order valence-electron chi connectivity index (χ4n) is 2.46. The van der Waals surface area contributed by atoms with Gasteiger partial charge in [-0.1, -0.05) is 60.7 Å². The zero-order chi connectivity index (χ0) is 17.4. The predicted octanol–water partition coefficient (Wildman–Crippen LogP) is 3.05. The highest BCUT2D eigenvalue weighted by Gasteiger charge is 2.24. The van der Waals surface area contributed by atoms with E-state index in [1.807, 2.05) is 65.6 Å². The molecule has 2 aromatic carbocycles. The van der Waals surface area contributed by atoms with E-state index in [9.17, 15) is 9.18 Å². The molecule has 0 aliphatic rings. The first-order chi connectivity index (χ1) is 11.6. The number of carbonyl (C=O) groups is 1. The predicted molar refractivity (Wildman–Crippen MR) is 91.7 cm³/mol. The van der Waals surface area contributed by atoms with Crippen LogP contribution in [0.5, 0.6) is 0 Å². The molecule has 0 aliphatic carbocycles. The van der Waals surface area contributed by atoms with Crippen LogP contribution in [0.25, 0.3) is 0 Å². The molecule has 0 N–H and O–H groups in total. The number of hydrogen-bond acceptors (Lipinski definition) is 3. The molecule has 128 valence electrons. The standard InChI is InChI=1S/C19H23FN2O2/c1-21(24-2)19(23)18(20)15-22(13-16-9-5-3-6-10-16)14-17-11-7-4-8-12-17/h3-12,18H,13-15H2,1-2H3/t18-/m1/s1. The monoisotopic (exact) mass is 330 g/mol. The van der Waals surface area contributed by atoms with Crippen molar-refractivity contribution in [3.05, 3.63) is 71.8 Å². The molecule has 24 heavy (non-hydrogen) atoms. The van der Waals surface area contributed by atoms with E-state index in [1.54, 1.807) is 0 Å². The minimum absolute atomic E-state index is 0.0102. The molecule has 2 aromatic rings. The largest absolute Gasteiger partial charge is 0.291 e. The molecule has 0 heterocycles. The Morgan fingerprint density at radius 1 is 1.00 bits per heavy atom. The average Bonchev–Trinajstić information content (AvgIpc) is 2.62. The molecule has 0 aromatic heterocycles. The fourth-order valence-corrected chi connectivity index (χ4v) is 2.46. The van der Waals surface area contributed by atoms with Crippen LogP contribution < -0.4 is 0 Å². The van der Waals surface area contributed by atoms with E-state index in [1.165, 1.54) is 14.2 Å². The lowest BCUT2D eigenvalue weighted by molar-refractivity contribution is -0.175. The summed E-state index contributed by atoms with van der Waals surface area (Å²) < 4.78 is 14.4. The van der Waals surface area contributed by atoms with Gasteiger partial charge in [0.2, 0.25) is 0 Å². The van der Waals surface area contributed by atoms with Crippen molar-refractivity contribution in [1.29, 1.82) is 0 Å². The summed E-state index contributed by atoms with van der Waals surface area (Å²) >= 11 is 0. The van der Waals surface area contributed by atoms with Crippen molar-refractivity contribution in [2.45, 2.75) is 19.3 Å². The van der Waals surface area contributed by atoms with Gasteiger partial charge in [0.1, 0.15) is 0 Å².